The van der Waals surface area contributed by atoms with Crippen molar-refractivity contribution in [3.05, 3.63) is 65.2 Å². The van der Waals surface area contributed by atoms with Gasteiger partial charge in [-0.3, -0.25) is 9.20 Å². The lowest BCUT2D eigenvalue weighted by molar-refractivity contribution is -0.119. The van der Waals surface area contributed by atoms with Crippen LogP contribution in [0.3, 0.4) is 0 Å². The molecule has 0 aromatic carbocycles. The number of nitrogens with zero attached hydrogens (tertiary/aromatic N) is 8. The summed E-state index contributed by atoms with van der Waals surface area (Å²) in [6.45, 7) is 4.87. The Morgan fingerprint density at radius 2 is 1.93 bits per heavy atom. The van der Waals surface area contributed by atoms with Gasteiger partial charge in [-0.05, 0) is 37.1 Å². The van der Waals surface area contributed by atoms with E-state index in [-0.39, 0.29) is 12.2 Å². The second-order valence-corrected chi connectivity index (χ2v) is 11.5. The predicted molar refractivity (Wildman–Crippen MR) is 158 cm³/mol. The van der Waals surface area contributed by atoms with Gasteiger partial charge in [0.05, 0.1) is 5.69 Å². The molecule has 9 nitrogen and oxygen atoms in total. The highest BCUT2D eigenvalue weighted by atomic mass is 32.1. The van der Waals surface area contributed by atoms with Crippen molar-refractivity contribution in [3.8, 4) is 17.2 Å². The Hall–Kier alpha value is -4.43. The number of piperidine rings is 1. The molecular weight excluding hydrogens is 539 g/mol. The molecule has 6 rings (SSSR count). The molecule has 1 fully saturated rings. The van der Waals surface area contributed by atoms with Crippen LogP contribution in [-0.2, 0) is 11.2 Å². The number of fused-ring (bicyclic) bond motifs is 1. The molecule has 0 N–H and O–H groups in total. The van der Waals surface area contributed by atoms with Crippen molar-refractivity contribution in [2.45, 2.75) is 45.2 Å². The minimum Gasteiger partial charge on any atom is -0.340 e. The number of hydrogen-bond acceptors (Lipinski definition) is 9. The van der Waals surface area contributed by atoms with Crippen LogP contribution in [0.2, 0.25) is 0 Å². The number of rotatable bonds is 6. The molecule has 1 saturated heterocycles. The minimum absolute atomic E-state index is 0.241. The van der Waals surface area contributed by atoms with Crippen molar-refractivity contribution >= 4 is 45.2 Å². The van der Waals surface area contributed by atoms with Gasteiger partial charge in [0, 0.05) is 69.1 Å². The minimum atomic E-state index is -1.39. The average Bonchev–Trinajstić information content (AvgIpc) is 3.59. The van der Waals surface area contributed by atoms with E-state index in [1.807, 2.05) is 39.6 Å². The number of carbonyl (C=O) groups is 1. The molecule has 0 radical (unpaired) electrons. The third-order valence-electron chi connectivity index (χ3n) is 7.50. The number of aryl methyl sites for hydroxylation is 1. The van der Waals surface area contributed by atoms with Crippen LogP contribution in [0.1, 0.15) is 49.4 Å². The molecule has 11 heteroatoms. The lowest BCUT2D eigenvalue weighted by Gasteiger charge is -2.25. The highest BCUT2D eigenvalue weighted by molar-refractivity contribution is 7.16. The molecule has 5 heterocycles. The Labute approximate surface area is 241 Å². The summed E-state index contributed by atoms with van der Waals surface area (Å²) >= 11 is 1.30. The topological polar surface area (TPSA) is 103 Å². The number of pyridine rings is 1. The number of nitriles is 1. The van der Waals surface area contributed by atoms with Gasteiger partial charge in [0.2, 0.25) is 5.95 Å². The highest BCUT2D eigenvalue weighted by Gasteiger charge is 2.26. The molecule has 0 spiro atoms. The van der Waals surface area contributed by atoms with E-state index < -0.39 is 5.67 Å². The largest absolute Gasteiger partial charge is 0.340 e. The van der Waals surface area contributed by atoms with E-state index in [9.17, 15) is 14.4 Å². The van der Waals surface area contributed by atoms with Crippen molar-refractivity contribution in [2.24, 2.45) is 0 Å². The monoisotopic (exact) mass is 568 g/mol. The molecule has 4 aromatic rings. The maximum atomic E-state index is 14.3. The fourth-order valence-electron chi connectivity index (χ4n) is 5.13. The molecule has 208 valence electrons. The van der Waals surface area contributed by atoms with Crippen molar-refractivity contribution in [3.63, 3.8) is 0 Å². The van der Waals surface area contributed by atoms with Crippen LogP contribution in [0.4, 0.5) is 21.3 Å². The van der Waals surface area contributed by atoms with Gasteiger partial charge < -0.3 is 9.80 Å². The molecule has 1 aliphatic heterocycles. The number of hydrogen-bond donors (Lipinski definition) is 0. The lowest BCUT2D eigenvalue weighted by atomic mass is 9.94. The molecule has 1 aliphatic carbocycles. The number of halogens is 1. The van der Waals surface area contributed by atoms with E-state index in [0.717, 1.165) is 33.9 Å². The van der Waals surface area contributed by atoms with Crippen LogP contribution in [-0.4, -0.2) is 55.9 Å². The van der Waals surface area contributed by atoms with Crippen LogP contribution in [0.5, 0.6) is 0 Å². The first-order chi connectivity index (χ1) is 19.8. The van der Waals surface area contributed by atoms with Gasteiger partial charge >= 0.3 is 0 Å². The van der Waals surface area contributed by atoms with E-state index in [1.54, 1.807) is 24.5 Å². The summed E-state index contributed by atoms with van der Waals surface area (Å²) in [6, 6.07) is 6.23. The summed E-state index contributed by atoms with van der Waals surface area (Å²) in [7, 11) is 1.92. The fraction of sp³-hybridized carbons (Fsp3) is 0.333. The first-order valence-corrected chi connectivity index (χ1v) is 14.4. The number of imidazole rings is 1. The average molecular weight is 569 g/mol. The standard InChI is InChI=1S/C30H29FN8OS/c1-4-23-27(37(3)29-36-26(24(15-32)41-29)19-7-11-30(2,31)12-8-19)39-18-20(5-6-25(39)35-23)21-16-33-28(34-17-21)38-13-9-22(40)10-14-38/h5-8,11,16-18H,4,9-10,12-14H2,1-3H3. The normalized spacial score (nSPS) is 19.0. The van der Waals surface area contributed by atoms with E-state index in [1.165, 1.54) is 24.3 Å². The Bertz CT molecular complexity index is 1730. The predicted octanol–water partition coefficient (Wildman–Crippen LogP) is 5.69. The molecule has 4 aromatic heterocycles. The number of aromatic nitrogens is 5. The molecule has 1 unspecified atom stereocenters. The van der Waals surface area contributed by atoms with Gasteiger partial charge in [-0.15, -0.1) is 0 Å². The van der Waals surface area contributed by atoms with E-state index in [2.05, 4.69) is 23.0 Å². The summed E-state index contributed by atoms with van der Waals surface area (Å²) in [6.07, 6.45) is 12.7. The van der Waals surface area contributed by atoms with Gasteiger partial charge in [0.25, 0.3) is 0 Å². The first kappa shape index (κ1) is 26.8. The van der Waals surface area contributed by atoms with Gasteiger partial charge in [-0.25, -0.2) is 24.3 Å². The number of allylic oxidation sites excluding steroid dienone is 4. The quantitative estimate of drug-likeness (QED) is 0.292. The second kappa shape index (κ2) is 10.5. The molecule has 0 bridgehead atoms. The van der Waals surface area contributed by atoms with Gasteiger partial charge in [0.15, 0.2) is 5.13 Å². The molecule has 41 heavy (non-hydrogen) atoms. The zero-order chi connectivity index (χ0) is 28.7. The number of Topliss-reactive ketones (excluding diaryl/α,β-unsaturated/α-hetero) is 1. The zero-order valence-electron chi connectivity index (χ0n) is 23.1. The Balaban J connectivity index is 1.34. The smallest absolute Gasteiger partial charge is 0.225 e. The zero-order valence-corrected chi connectivity index (χ0v) is 24.0. The first-order valence-electron chi connectivity index (χ1n) is 13.6. The van der Waals surface area contributed by atoms with Gasteiger partial charge in [-0.2, -0.15) is 5.26 Å². The second-order valence-electron chi connectivity index (χ2n) is 10.5. The van der Waals surface area contributed by atoms with Gasteiger partial charge in [0.1, 0.15) is 39.6 Å². The van der Waals surface area contributed by atoms with Crippen molar-refractivity contribution in [1.29, 1.82) is 5.26 Å². The van der Waals surface area contributed by atoms with Gasteiger partial charge in [-0.1, -0.05) is 30.4 Å². The highest BCUT2D eigenvalue weighted by Crippen LogP contribution is 2.38. The van der Waals surface area contributed by atoms with Crippen LogP contribution < -0.4 is 9.80 Å². The molecule has 2 aliphatic rings. The fourth-order valence-corrected chi connectivity index (χ4v) is 5.98. The molecule has 1 atom stereocenters. The molecule has 0 saturated carbocycles. The lowest BCUT2D eigenvalue weighted by Crippen LogP contribution is -2.34. The van der Waals surface area contributed by atoms with Crippen LogP contribution >= 0.6 is 11.3 Å². The van der Waals surface area contributed by atoms with E-state index >= 15 is 0 Å². The Morgan fingerprint density at radius 3 is 2.59 bits per heavy atom. The maximum Gasteiger partial charge on any atom is 0.225 e. The summed E-state index contributed by atoms with van der Waals surface area (Å²) in [5.74, 6) is 1.77. The maximum absolute atomic E-state index is 14.3. The van der Waals surface area contributed by atoms with Crippen molar-refractivity contribution in [1.82, 2.24) is 24.3 Å². The third-order valence-corrected chi connectivity index (χ3v) is 8.54. The van der Waals surface area contributed by atoms with Crippen LogP contribution in [0.15, 0.2) is 49.0 Å². The number of thiazole rings is 1. The van der Waals surface area contributed by atoms with Crippen LogP contribution in [0, 0.1) is 11.3 Å². The Morgan fingerprint density at radius 1 is 1.17 bits per heavy atom. The van der Waals surface area contributed by atoms with E-state index in [4.69, 9.17) is 9.97 Å². The summed E-state index contributed by atoms with van der Waals surface area (Å²) < 4.78 is 16.3. The van der Waals surface area contributed by atoms with Crippen molar-refractivity contribution in [2.75, 3.05) is 29.9 Å². The van der Waals surface area contributed by atoms with Crippen molar-refractivity contribution < 1.29 is 9.18 Å². The Kier molecular flexibility index (Phi) is 6.87. The summed E-state index contributed by atoms with van der Waals surface area (Å²) in [5, 5.41) is 10.5. The number of alkyl halides is 1. The molecule has 0 amide bonds. The number of anilines is 3. The van der Waals surface area contributed by atoms with E-state index in [0.29, 0.717) is 54.0 Å². The number of carbonyl (C=O) groups excluding carboxylic acids is 1. The summed E-state index contributed by atoms with van der Waals surface area (Å²) in [5.41, 5.74) is 3.41. The molecular formula is C30H29FN8OS. The summed E-state index contributed by atoms with van der Waals surface area (Å²) in [4.78, 5) is 34.9. The van der Waals surface area contributed by atoms with Crippen LogP contribution in [0.25, 0.3) is 22.3 Å². The SMILES string of the molecule is CCc1nc2ccc(-c3cnc(N4CCC(=O)CC4)nc3)cn2c1N(C)c1nc(C2=CCC(C)(F)C=C2)c(C#N)s1. The third kappa shape index (κ3) is 5.11. The number of ketones is 1.